The van der Waals surface area contributed by atoms with Crippen molar-refractivity contribution in [1.82, 2.24) is 15.0 Å². The molecule has 0 atom stereocenters. The molecule has 4 heteroatoms. The standard InChI is InChI=1S/C52H32N4/c53-33-34-27-43(31-45(28-34)49-32-42-15-7-8-16-46(42)47-17-9-10-18-48(47)49)41-26-22-36-21-25-40(29-44(36)30-41)35-19-23-39(24-20-35)52-55-50(37-11-3-1-4-12-37)54-51(56-52)38-13-5-2-6-14-38/h1-32H. The molecule has 0 spiro atoms. The van der Waals surface area contributed by atoms with Crippen LogP contribution in [0.4, 0.5) is 0 Å². The second-order valence-corrected chi connectivity index (χ2v) is 14.0. The zero-order valence-electron chi connectivity index (χ0n) is 30.3. The first-order valence-electron chi connectivity index (χ1n) is 18.6. The highest BCUT2D eigenvalue weighted by Gasteiger charge is 2.14. The Labute approximate surface area is 324 Å². The van der Waals surface area contributed by atoms with Gasteiger partial charge in [-0.3, -0.25) is 0 Å². The summed E-state index contributed by atoms with van der Waals surface area (Å²) in [6, 6.07) is 69.5. The van der Waals surface area contributed by atoms with Gasteiger partial charge >= 0.3 is 0 Å². The Hall–Kier alpha value is -7.74. The van der Waals surface area contributed by atoms with Crippen LogP contribution in [0.25, 0.3) is 99.9 Å². The summed E-state index contributed by atoms with van der Waals surface area (Å²) < 4.78 is 0. The molecular formula is C52H32N4. The zero-order chi connectivity index (χ0) is 37.4. The molecule has 0 amide bonds. The summed E-state index contributed by atoms with van der Waals surface area (Å²) in [5, 5.41) is 17.2. The molecule has 0 saturated carbocycles. The fraction of sp³-hybridized carbons (Fsp3) is 0. The van der Waals surface area contributed by atoms with Crippen LogP contribution in [0.1, 0.15) is 5.56 Å². The van der Waals surface area contributed by atoms with Crippen LogP contribution < -0.4 is 0 Å². The van der Waals surface area contributed by atoms with Gasteiger partial charge in [0.25, 0.3) is 0 Å². The molecule has 0 N–H and O–H groups in total. The molecular weight excluding hydrogens is 681 g/mol. The fourth-order valence-electron chi connectivity index (χ4n) is 7.66. The lowest BCUT2D eigenvalue weighted by Gasteiger charge is -2.13. The average Bonchev–Trinajstić information content (AvgIpc) is 3.28. The molecule has 0 fully saturated rings. The molecule has 0 radical (unpaired) electrons. The highest BCUT2D eigenvalue weighted by atomic mass is 15.0. The maximum atomic E-state index is 10.2. The average molecular weight is 713 g/mol. The van der Waals surface area contributed by atoms with Crippen LogP contribution in [0.5, 0.6) is 0 Å². The van der Waals surface area contributed by atoms with E-state index in [0.717, 1.165) is 60.8 Å². The summed E-state index contributed by atoms with van der Waals surface area (Å²) in [6.07, 6.45) is 0. The van der Waals surface area contributed by atoms with E-state index >= 15 is 0 Å². The maximum absolute atomic E-state index is 10.2. The smallest absolute Gasteiger partial charge is 0.164 e. The van der Waals surface area contributed by atoms with Gasteiger partial charge in [-0.25, -0.2) is 15.0 Å². The molecule has 260 valence electrons. The lowest BCUT2D eigenvalue weighted by atomic mass is 9.90. The minimum Gasteiger partial charge on any atom is -0.208 e. The van der Waals surface area contributed by atoms with Crippen LogP contribution >= 0.6 is 0 Å². The minimum atomic E-state index is 0.628. The van der Waals surface area contributed by atoms with E-state index in [1.807, 2.05) is 72.8 Å². The molecule has 1 aromatic heterocycles. The maximum Gasteiger partial charge on any atom is 0.164 e. The quantitative estimate of drug-likeness (QED) is 0.161. The van der Waals surface area contributed by atoms with Crippen LogP contribution in [0.2, 0.25) is 0 Å². The zero-order valence-corrected chi connectivity index (χ0v) is 30.3. The van der Waals surface area contributed by atoms with Crippen molar-refractivity contribution in [2.75, 3.05) is 0 Å². The number of aromatic nitrogens is 3. The first-order chi connectivity index (χ1) is 27.7. The molecule has 9 aromatic carbocycles. The summed E-state index contributed by atoms with van der Waals surface area (Å²) >= 11 is 0. The fourth-order valence-corrected chi connectivity index (χ4v) is 7.66. The monoisotopic (exact) mass is 712 g/mol. The van der Waals surface area contributed by atoms with Crippen LogP contribution in [-0.4, -0.2) is 15.0 Å². The van der Waals surface area contributed by atoms with Crippen LogP contribution in [0.15, 0.2) is 194 Å². The molecule has 1 heterocycles. The summed E-state index contributed by atoms with van der Waals surface area (Å²) in [6.45, 7) is 0. The van der Waals surface area contributed by atoms with Crippen molar-refractivity contribution >= 4 is 32.3 Å². The highest BCUT2D eigenvalue weighted by Crippen LogP contribution is 2.38. The van der Waals surface area contributed by atoms with Crippen molar-refractivity contribution in [2.24, 2.45) is 0 Å². The molecule has 0 saturated heterocycles. The number of hydrogen-bond donors (Lipinski definition) is 0. The molecule has 56 heavy (non-hydrogen) atoms. The van der Waals surface area contributed by atoms with Gasteiger partial charge in [-0.05, 0) is 102 Å². The number of benzene rings is 9. The molecule has 0 aliphatic carbocycles. The molecule has 10 rings (SSSR count). The Morgan fingerprint density at radius 2 is 0.786 bits per heavy atom. The number of rotatable bonds is 6. The SMILES string of the molecule is N#Cc1cc(-c2ccc3ccc(-c4ccc(-c5nc(-c6ccccc6)nc(-c6ccccc6)n5)cc4)cc3c2)cc(-c2cc3ccccc3c3ccccc23)c1. The van der Waals surface area contributed by atoms with E-state index < -0.39 is 0 Å². The van der Waals surface area contributed by atoms with E-state index in [2.05, 4.69) is 127 Å². The molecule has 0 bridgehead atoms. The summed E-state index contributed by atoms with van der Waals surface area (Å²) in [4.78, 5) is 14.6. The van der Waals surface area contributed by atoms with Gasteiger partial charge in [0.1, 0.15) is 0 Å². The Kier molecular flexibility index (Phi) is 8.17. The normalized spacial score (nSPS) is 11.2. The van der Waals surface area contributed by atoms with Gasteiger partial charge in [-0.2, -0.15) is 5.26 Å². The highest BCUT2D eigenvalue weighted by molar-refractivity contribution is 6.14. The van der Waals surface area contributed by atoms with E-state index in [4.69, 9.17) is 15.0 Å². The van der Waals surface area contributed by atoms with Gasteiger partial charge in [0.05, 0.1) is 11.6 Å². The first kappa shape index (κ1) is 32.9. The summed E-state index contributed by atoms with van der Waals surface area (Å²) in [5.41, 5.74) is 9.86. The Balaban J connectivity index is 1.01. The van der Waals surface area contributed by atoms with Crippen molar-refractivity contribution in [3.63, 3.8) is 0 Å². The van der Waals surface area contributed by atoms with Crippen molar-refractivity contribution in [3.05, 3.63) is 200 Å². The van der Waals surface area contributed by atoms with Crippen LogP contribution in [-0.2, 0) is 0 Å². The van der Waals surface area contributed by atoms with E-state index in [9.17, 15) is 5.26 Å². The van der Waals surface area contributed by atoms with E-state index in [1.165, 1.54) is 21.5 Å². The second-order valence-electron chi connectivity index (χ2n) is 14.0. The van der Waals surface area contributed by atoms with Gasteiger partial charge in [0.2, 0.25) is 0 Å². The first-order valence-corrected chi connectivity index (χ1v) is 18.6. The summed E-state index contributed by atoms with van der Waals surface area (Å²) in [7, 11) is 0. The van der Waals surface area contributed by atoms with E-state index in [1.54, 1.807) is 0 Å². The molecule has 4 nitrogen and oxygen atoms in total. The largest absolute Gasteiger partial charge is 0.208 e. The predicted molar refractivity (Wildman–Crippen MR) is 230 cm³/mol. The van der Waals surface area contributed by atoms with Crippen molar-refractivity contribution < 1.29 is 0 Å². The van der Waals surface area contributed by atoms with E-state index in [0.29, 0.717) is 23.0 Å². The third-order valence-electron chi connectivity index (χ3n) is 10.5. The topological polar surface area (TPSA) is 62.5 Å². The predicted octanol–water partition coefficient (Wildman–Crippen LogP) is 13.2. The lowest BCUT2D eigenvalue weighted by Crippen LogP contribution is -2.00. The third-order valence-corrected chi connectivity index (χ3v) is 10.5. The Morgan fingerprint density at radius 1 is 0.304 bits per heavy atom. The molecule has 0 aliphatic heterocycles. The third kappa shape index (κ3) is 6.14. The Bertz CT molecular complexity index is 3070. The lowest BCUT2D eigenvalue weighted by molar-refractivity contribution is 1.07. The van der Waals surface area contributed by atoms with Gasteiger partial charge < -0.3 is 0 Å². The molecule has 0 aliphatic rings. The van der Waals surface area contributed by atoms with Crippen LogP contribution in [0, 0.1) is 11.3 Å². The molecule has 0 unspecified atom stereocenters. The van der Waals surface area contributed by atoms with Crippen molar-refractivity contribution in [1.29, 1.82) is 5.26 Å². The Morgan fingerprint density at radius 3 is 1.41 bits per heavy atom. The van der Waals surface area contributed by atoms with E-state index in [-0.39, 0.29) is 0 Å². The van der Waals surface area contributed by atoms with Gasteiger partial charge in [-0.15, -0.1) is 0 Å². The van der Waals surface area contributed by atoms with Gasteiger partial charge in [0, 0.05) is 16.7 Å². The minimum absolute atomic E-state index is 0.628. The molecule has 10 aromatic rings. The second kappa shape index (κ2) is 13.9. The number of hydrogen-bond acceptors (Lipinski definition) is 4. The van der Waals surface area contributed by atoms with Crippen molar-refractivity contribution in [2.45, 2.75) is 0 Å². The van der Waals surface area contributed by atoms with Crippen molar-refractivity contribution in [3.8, 4) is 73.6 Å². The summed E-state index contributed by atoms with van der Waals surface area (Å²) in [5.74, 6) is 1.91. The van der Waals surface area contributed by atoms with Gasteiger partial charge in [0.15, 0.2) is 17.5 Å². The number of fused-ring (bicyclic) bond motifs is 4. The number of nitriles is 1. The van der Waals surface area contributed by atoms with Crippen LogP contribution in [0.3, 0.4) is 0 Å². The van der Waals surface area contributed by atoms with Gasteiger partial charge in [-0.1, -0.05) is 158 Å². The number of nitrogens with zero attached hydrogens (tertiary/aromatic N) is 4.